The van der Waals surface area contributed by atoms with Gasteiger partial charge in [-0.3, -0.25) is 0 Å². The molecular formula is C14H19NO2. The minimum Gasteiger partial charge on any atom is -0.375 e. The smallest absolute Gasteiger partial charge is 0.106 e. The van der Waals surface area contributed by atoms with E-state index in [1.165, 1.54) is 11.1 Å². The van der Waals surface area contributed by atoms with Gasteiger partial charge in [0.05, 0.1) is 19.3 Å². The predicted octanol–water partition coefficient (Wildman–Crippen LogP) is 1.81. The molecule has 0 spiro atoms. The van der Waals surface area contributed by atoms with Crippen molar-refractivity contribution < 1.29 is 9.47 Å². The van der Waals surface area contributed by atoms with Crippen LogP contribution in [-0.4, -0.2) is 25.4 Å². The predicted molar refractivity (Wildman–Crippen MR) is 65.8 cm³/mol. The molecule has 1 unspecified atom stereocenters. The Morgan fingerprint density at radius 3 is 2.94 bits per heavy atom. The number of rotatable bonds is 3. The van der Waals surface area contributed by atoms with Gasteiger partial charge in [-0.1, -0.05) is 24.3 Å². The van der Waals surface area contributed by atoms with Crippen molar-refractivity contribution >= 4 is 0 Å². The molecule has 0 saturated heterocycles. The number of fused-ring (bicyclic) bond motifs is 1. The summed E-state index contributed by atoms with van der Waals surface area (Å²) in [7, 11) is 0. The summed E-state index contributed by atoms with van der Waals surface area (Å²) in [5.41, 5.74) is 8.44. The van der Waals surface area contributed by atoms with Gasteiger partial charge in [-0.15, -0.1) is 0 Å². The first-order valence-corrected chi connectivity index (χ1v) is 6.39. The summed E-state index contributed by atoms with van der Waals surface area (Å²) in [6, 6.07) is 8.84. The van der Waals surface area contributed by atoms with Crippen molar-refractivity contribution in [2.24, 2.45) is 5.73 Å². The van der Waals surface area contributed by atoms with E-state index in [9.17, 15) is 0 Å². The molecule has 1 aromatic rings. The average Bonchev–Trinajstić information content (AvgIpc) is 2.33. The standard InChI is InChI=1S/C14H19NO2/c15-11-7-12(8-11)17-9-14-13-4-2-1-3-10(13)5-6-16-14/h1-4,11-12,14H,5-9,15H2. The molecule has 1 heterocycles. The van der Waals surface area contributed by atoms with E-state index in [2.05, 4.69) is 24.3 Å². The molecule has 0 aromatic heterocycles. The van der Waals surface area contributed by atoms with Gasteiger partial charge in [0.2, 0.25) is 0 Å². The first kappa shape index (κ1) is 11.2. The second-order valence-corrected chi connectivity index (χ2v) is 5.00. The van der Waals surface area contributed by atoms with Crippen LogP contribution in [0, 0.1) is 0 Å². The van der Waals surface area contributed by atoms with Crippen LogP contribution in [0.5, 0.6) is 0 Å². The SMILES string of the molecule is NC1CC(OCC2OCCc3ccccc32)C1. The Hall–Kier alpha value is -0.900. The van der Waals surface area contributed by atoms with Crippen LogP contribution >= 0.6 is 0 Å². The summed E-state index contributed by atoms with van der Waals surface area (Å²) >= 11 is 0. The Kier molecular flexibility index (Phi) is 3.14. The largest absolute Gasteiger partial charge is 0.375 e. The van der Waals surface area contributed by atoms with Crippen molar-refractivity contribution in [1.82, 2.24) is 0 Å². The van der Waals surface area contributed by atoms with Gasteiger partial charge in [0.1, 0.15) is 6.10 Å². The highest BCUT2D eigenvalue weighted by Crippen LogP contribution is 2.29. The van der Waals surface area contributed by atoms with Crippen LogP contribution in [0.4, 0.5) is 0 Å². The van der Waals surface area contributed by atoms with E-state index in [1.807, 2.05) is 0 Å². The van der Waals surface area contributed by atoms with Crippen molar-refractivity contribution in [2.75, 3.05) is 13.2 Å². The maximum atomic E-state index is 5.84. The summed E-state index contributed by atoms with van der Waals surface area (Å²) in [5, 5.41) is 0. The fourth-order valence-electron chi connectivity index (χ4n) is 2.58. The molecule has 1 aliphatic carbocycles. The second-order valence-electron chi connectivity index (χ2n) is 5.00. The third-order valence-corrected chi connectivity index (χ3v) is 3.71. The van der Waals surface area contributed by atoms with Gasteiger partial charge in [-0.2, -0.15) is 0 Å². The fraction of sp³-hybridized carbons (Fsp3) is 0.571. The summed E-state index contributed by atoms with van der Waals surface area (Å²) < 4.78 is 11.6. The Morgan fingerprint density at radius 2 is 2.12 bits per heavy atom. The van der Waals surface area contributed by atoms with Gasteiger partial charge >= 0.3 is 0 Å². The van der Waals surface area contributed by atoms with Crippen LogP contribution in [-0.2, 0) is 15.9 Å². The quantitative estimate of drug-likeness (QED) is 0.866. The Balaban J connectivity index is 1.61. The minimum absolute atomic E-state index is 0.108. The number of hydrogen-bond acceptors (Lipinski definition) is 3. The van der Waals surface area contributed by atoms with E-state index in [1.54, 1.807) is 0 Å². The van der Waals surface area contributed by atoms with E-state index in [0.717, 1.165) is 25.9 Å². The van der Waals surface area contributed by atoms with Gasteiger partial charge in [0.25, 0.3) is 0 Å². The Morgan fingerprint density at radius 1 is 1.29 bits per heavy atom. The number of ether oxygens (including phenoxy) is 2. The third kappa shape index (κ3) is 2.37. The summed E-state index contributed by atoms with van der Waals surface area (Å²) in [6.07, 6.45) is 3.46. The zero-order valence-corrected chi connectivity index (χ0v) is 9.97. The molecule has 1 aliphatic heterocycles. The van der Waals surface area contributed by atoms with Crippen molar-refractivity contribution in [1.29, 1.82) is 0 Å². The van der Waals surface area contributed by atoms with Crippen molar-refractivity contribution in [3.63, 3.8) is 0 Å². The Labute approximate surface area is 102 Å². The Bertz CT molecular complexity index is 388. The van der Waals surface area contributed by atoms with Crippen LogP contribution in [0.3, 0.4) is 0 Å². The molecule has 3 nitrogen and oxygen atoms in total. The lowest BCUT2D eigenvalue weighted by Crippen LogP contribution is -2.42. The molecule has 3 heteroatoms. The highest BCUT2D eigenvalue weighted by Gasteiger charge is 2.28. The lowest BCUT2D eigenvalue weighted by Gasteiger charge is -2.34. The van der Waals surface area contributed by atoms with Gasteiger partial charge < -0.3 is 15.2 Å². The van der Waals surface area contributed by atoms with Gasteiger partial charge in [-0.25, -0.2) is 0 Å². The minimum atomic E-state index is 0.108. The molecule has 0 bridgehead atoms. The maximum Gasteiger partial charge on any atom is 0.106 e. The topological polar surface area (TPSA) is 44.5 Å². The molecule has 17 heavy (non-hydrogen) atoms. The van der Waals surface area contributed by atoms with E-state index < -0.39 is 0 Å². The third-order valence-electron chi connectivity index (χ3n) is 3.71. The van der Waals surface area contributed by atoms with Crippen LogP contribution in [0.1, 0.15) is 30.1 Å². The van der Waals surface area contributed by atoms with Crippen LogP contribution < -0.4 is 5.73 Å². The molecule has 1 aromatic carbocycles. The average molecular weight is 233 g/mol. The highest BCUT2D eigenvalue weighted by atomic mass is 16.5. The second kappa shape index (κ2) is 4.77. The first-order chi connectivity index (χ1) is 8.33. The number of benzene rings is 1. The van der Waals surface area contributed by atoms with E-state index in [-0.39, 0.29) is 6.10 Å². The van der Waals surface area contributed by atoms with Crippen LogP contribution in [0.25, 0.3) is 0 Å². The van der Waals surface area contributed by atoms with Crippen molar-refractivity contribution in [3.05, 3.63) is 35.4 Å². The van der Waals surface area contributed by atoms with E-state index in [0.29, 0.717) is 18.8 Å². The molecule has 0 amide bonds. The summed E-state index contributed by atoms with van der Waals surface area (Å²) in [4.78, 5) is 0. The van der Waals surface area contributed by atoms with Crippen molar-refractivity contribution in [3.8, 4) is 0 Å². The van der Waals surface area contributed by atoms with Crippen molar-refractivity contribution in [2.45, 2.75) is 37.5 Å². The zero-order valence-electron chi connectivity index (χ0n) is 9.97. The molecule has 1 saturated carbocycles. The molecular weight excluding hydrogens is 214 g/mol. The lowest BCUT2D eigenvalue weighted by atomic mass is 9.90. The fourth-order valence-corrected chi connectivity index (χ4v) is 2.58. The van der Waals surface area contributed by atoms with Crippen LogP contribution in [0.15, 0.2) is 24.3 Å². The van der Waals surface area contributed by atoms with E-state index in [4.69, 9.17) is 15.2 Å². The highest BCUT2D eigenvalue weighted by molar-refractivity contribution is 5.30. The normalized spacial score (nSPS) is 31.7. The molecule has 2 aliphatic rings. The summed E-state index contributed by atoms with van der Waals surface area (Å²) in [5.74, 6) is 0. The molecule has 2 N–H and O–H groups in total. The number of nitrogens with two attached hydrogens (primary N) is 1. The molecule has 1 atom stereocenters. The van der Waals surface area contributed by atoms with Gasteiger partial charge in [-0.05, 0) is 30.4 Å². The lowest BCUT2D eigenvalue weighted by molar-refractivity contribution is -0.0764. The maximum absolute atomic E-state index is 5.84. The monoisotopic (exact) mass is 233 g/mol. The zero-order chi connectivity index (χ0) is 11.7. The van der Waals surface area contributed by atoms with E-state index >= 15 is 0 Å². The molecule has 1 fully saturated rings. The number of hydrogen-bond donors (Lipinski definition) is 1. The van der Waals surface area contributed by atoms with Gasteiger partial charge in [0, 0.05) is 6.04 Å². The van der Waals surface area contributed by atoms with Crippen LogP contribution in [0.2, 0.25) is 0 Å². The first-order valence-electron chi connectivity index (χ1n) is 6.39. The molecule has 92 valence electrons. The molecule has 3 rings (SSSR count). The summed E-state index contributed by atoms with van der Waals surface area (Å²) in [6.45, 7) is 1.46. The molecule has 0 radical (unpaired) electrons. The van der Waals surface area contributed by atoms with Gasteiger partial charge in [0.15, 0.2) is 0 Å².